The molecule has 1 saturated heterocycles. The van der Waals surface area contributed by atoms with E-state index >= 15 is 0 Å². The second-order valence-electron chi connectivity index (χ2n) is 7.43. The second-order valence-corrected chi connectivity index (χ2v) is 7.81. The molecule has 0 unspecified atom stereocenters. The first-order chi connectivity index (χ1) is 13.2. The number of rotatable bonds is 2. The molecule has 0 atom stereocenters. The van der Waals surface area contributed by atoms with Gasteiger partial charge in [0, 0.05) is 12.5 Å². The molecule has 28 heavy (non-hydrogen) atoms. The van der Waals surface area contributed by atoms with Crippen LogP contribution in [0.3, 0.4) is 0 Å². The number of allylic oxidation sites excluding steroid dienone is 2. The molecule has 1 spiro atoms. The number of alkyl halides is 3. The summed E-state index contributed by atoms with van der Waals surface area (Å²) in [5, 5.41) is 6.50. The number of hydrogen-bond acceptors (Lipinski definition) is 3. The standard InChI is InChI=1S/C18H14ClF3N4O2/c19-14-11-5-10(9-1-2-9)6-12(18(20,21)22)26(11)24-15(14)16(28)25-7-13(27)23-8-17(25)3-4-17/h1-2,5-6,9H,3-4,7-8H2,(H,23,27). The van der Waals surface area contributed by atoms with Crippen molar-refractivity contribution in [1.82, 2.24) is 19.8 Å². The van der Waals surface area contributed by atoms with Crippen molar-refractivity contribution in [3.63, 3.8) is 0 Å². The summed E-state index contributed by atoms with van der Waals surface area (Å²) in [6.07, 6.45) is 0.309. The van der Waals surface area contributed by atoms with Gasteiger partial charge in [0.15, 0.2) is 5.69 Å². The van der Waals surface area contributed by atoms with Gasteiger partial charge in [-0.2, -0.15) is 18.3 Å². The van der Waals surface area contributed by atoms with Gasteiger partial charge in [0.2, 0.25) is 5.91 Å². The average molecular weight is 411 g/mol. The third-order valence-electron chi connectivity index (χ3n) is 5.52. The lowest BCUT2D eigenvalue weighted by atomic mass is 10.1. The highest BCUT2D eigenvalue weighted by molar-refractivity contribution is 6.37. The van der Waals surface area contributed by atoms with Crippen LogP contribution in [0.2, 0.25) is 5.02 Å². The predicted molar refractivity (Wildman–Crippen MR) is 93.1 cm³/mol. The molecule has 5 rings (SSSR count). The molecule has 2 aliphatic carbocycles. The zero-order chi connectivity index (χ0) is 19.8. The van der Waals surface area contributed by atoms with E-state index in [0.717, 1.165) is 18.9 Å². The fourth-order valence-electron chi connectivity index (χ4n) is 3.68. The van der Waals surface area contributed by atoms with Crippen LogP contribution in [-0.2, 0) is 11.0 Å². The van der Waals surface area contributed by atoms with Crippen LogP contribution >= 0.6 is 11.6 Å². The maximum absolute atomic E-state index is 13.6. The van der Waals surface area contributed by atoms with Crippen molar-refractivity contribution < 1.29 is 22.8 Å². The summed E-state index contributed by atoms with van der Waals surface area (Å²) in [5.74, 6) is -1.11. The lowest BCUT2D eigenvalue weighted by molar-refractivity contribution is -0.142. The Hall–Kier alpha value is -2.55. The minimum Gasteiger partial charge on any atom is -0.352 e. The molecule has 2 fully saturated rings. The van der Waals surface area contributed by atoms with Gasteiger partial charge in [-0.05, 0) is 30.5 Å². The summed E-state index contributed by atoms with van der Waals surface area (Å²) < 4.78 is 41.4. The number of pyridine rings is 1. The van der Waals surface area contributed by atoms with E-state index in [1.807, 2.05) is 0 Å². The number of aromatic nitrogens is 2. The van der Waals surface area contributed by atoms with Crippen LogP contribution in [0.25, 0.3) is 5.52 Å². The minimum atomic E-state index is -4.67. The van der Waals surface area contributed by atoms with E-state index in [-0.39, 0.29) is 34.6 Å². The fraction of sp³-hybridized carbons (Fsp3) is 0.389. The first-order valence-electron chi connectivity index (χ1n) is 8.76. The van der Waals surface area contributed by atoms with Gasteiger partial charge in [-0.25, -0.2) is 4.52 Å². The van der Waals surface area contributed by atoms with E-state index in [4.69, 9.17) is 11.6 Å². The summed E-state index contributed by atoms with van der Waals surface area (Å²) in [6, 6.07) is 2.54. The molecule has 0 radical (unpaired) electrons. The Morgan fingerprint density at radius 2 is 2.00 bits per heavy atom. The zero-order valence-electron chi connectivity index (χ0n) is 14.4. The maximum Gasteiger partial charge on any atom is 0.433 e. The molecule has 2 amide bonds. The number of hydrogen-bond donors (Lipinski definition) is 1. The number of amides is 2. The van der Waals surface area contributed by atoms with Gasteiger partial charge in [-0.3, -0.25) is 9.59 Å². The smallest absolute Gasteiger partial charge is 0.352 e. The van der Waals surface area contributed by atoms with Gasteiger partial charge in [0.1, 0.15) is 12.2 Å². The van der Waals surface area contributed by atoms with Crippen molar-refractivity contribution in [2.75, 3.05) is 13.1 Å². The molecule has 1 N–H and O–H groups in total. The van der Waals surface area contributed by atoms with Crippen molar-refractivity contribution in [3.05, 3.63) is 46.3 Å². The predicted octanol–water partition coefficient (Wildman–Crippen LogP) is 2.76. The number of nitrogens with zero attached hydrogens (tertiary/aromatic N) is 3. The van der Waals surface area contributed by atoms with Gasteiger partial charge >= 0.3 is 6.18 Å². The number of nitrogens with one attached hydrogen (secondary N) is 1. The van der Waals surface area contributed by atoms with Gasteiger partial charge in [0.25, 0.3) is 5.91 Å². The van der Waals surface area contributed by atoms with Crippen LogP contribution in [0.5, 0.6) is 0 Å². The number of fused-ring (bicyclic) bond motifs is 1. The molecule has 2 aromatic heterocycles. The summed E-state index contributed by atoms with van der Waals surface area (Å²) in [4.78, 5) is 26.2. The van der Waals surface area contributed by atoms with Gasteiger partial charge in [-0.15, -0.1) is 0 Å². The highest BCUT2D eigenvalue weighted by Crippen LogP contribution is 2.44. The Morgan fingerprint density at radius 3 is 2.61 bits per heavy atom. The third kappa shape index (κ3) is 2.60. The average Bonchev–Trinajstić information content (AvgIpc) is 3.55. The van der Waals surface area contributed by atoms with Gasteiger partial charge in [0.05, 0.1) is 16.1 Å². The summed E-state index contributed by atoms with van der Waals surface area (Å²) in [7, 11) is 0. The Bertz CT molecular complexity index is 1060. The zero-order valence-corrected chi connectivity index (χ0v) is 15.1. The minimum absolute atomic E-state index is 0.0230. The molecule has 1 aliphatic heterocycles. The largest absolute Gasteiger partial charge is 0.433 e. The first kappa shape index (κ1) is 17.5. The van der Waals surface area contributed by atoms with Crippen LogP contribution in [0.1, 0.15) is 40.5 Å². The van der Waals surface area contributed by atoms with Crippen molar-refractivity contribution in [2.45, 2.75) is 30.5 Å². The second kappa shape index (κ2) is 5.50. The SMILES string of the molecule is O=C1CN(C(=O)c2nn3c(C(F)(F)F)cc(C4C=C4)cc3c2Cl)C2(CC2)CN1. The van der Waals surface area contributed by atoms with Crippen LogP contribution in [0.15, 0.2) is 24.3 Å². The van der Waals surface area contributed by atoms with E-state index in [0.29, 0.717) is 16.6 Å². The molecule has 6 nitrogen and oxygen atoms in total. The normalized spacial score (nSPS) is 20.7. The highest BCUT2D eigenvalue weighted by Gasteiger charge is 2.53. The maximum atomic E-state index is 13.6. The Labute approximate surface area is 161 Å². The third-order valence-corrected chi connectivity index (χ3v) is 5.89. The fourth-order valence-corrected chi connectivity index (χ4v) is 3.93. The number of carbonyl (C=O) groups excluding carboxylic acids is 2. The van der Waals surface area contributed by atoms with Crippen LogP contribution < -0.4 is 5.32 Å². The lowest BCUT2D eigenvalue weighted by Gasteiger charge is -2.35. The molecule has 10 heteroatoms. The van der Waals surface area contributed by atoms with E-state index in [9.17, 15) is 22.8 Å². The van der Waals surface area contributed by atoms with E-state index in [1.165, 1.54) is 11.0 Å². The van der Waals surface area contributed by atoms with Gasteiger partial charge < -0.3 is 10.2 Å². The molecule has 3 heterocycles. The Morgan fingerprint density at radius 1 is 1.29 bits per heavy atom. The quantitative estimate of drug-likeness (QED) is 0.774. The van der Waals surface area contributed by atoms with Crippen LogP contribution in [0.4, 0.5) is 13.2 Å². The van der Waals surface area contributed by atoms with Crippen molar-refractivity contribution in [1.29, 1.82) is 0 Å². The Balaban J connectivity index is 1.63. The lowest BCUT2D eigenvalue weighted by Crippen LogP contribution is -2.58. The molecule has 2 aromatic rings. The summed E-state index contributed by atoms with van der Waals surface area (Å²) >= 11 is 6.32. The molecule has 146 valence electrons. The van der Waals surface area contributed by atoms with E-state index in [2.05, 4.69) is 10.4 Å². The van der Waals surface area contributed by atoms with Crippen LogP contribution in [0, 0.1) is 0 Å². The van der Waals surface area contributed by atoms with Gasteiger partial charge in [-0.1, -0.05) is 23.8 Å². The molecular formula is C18H14ClF3N4O2. The summed E-state index contributed by atoms with van der Waals surface area (Å²) in [6.45, 7) is 0.167. The highest BCUT2D eigenvalue weighted by atomic mass is 35.5. The van der Waals surface area contributed by atoms with E-state index in [1.54, 1.807) is 12.2 Å². The topological polar surface area (TPSA) is 66.7 Å². The molecule has 3 aliphatic rings. The van der Waals surface area contributed by atoms with Crippen LogP contribution in [-0.4, -0.2) is 45.0 Å². The first-order valence-corrected chi connectivity index (χ1v) is 9.14. The number of carbonyl (C=O) groups is 2. The van der Waals surface area contributed by atoms with Crippen molar-refractivity contribution in [3.8, 4) is 0 Å². The molecular weight excluding hydrogens is 397 g/mol. The molecule has 1 saturated carbocycles. The van der Waals surface area contributed by atoms with E-state index < -0.39 is 23.3 Å². The van der Waals surface area contributed by atoms with Crippen molar-refractivity contribution >= 4 is 28.9 Å². The summed E-state index contributed by atoms with van der Waals surface area (Å²) in [5.41, 5.74) is -1.28. The number of halogens is 4. The Kier molecular flexibility index (Phi) is 3.44. The monoisotopic (exact) mass is 410 g/mol. The molecule has 0 bridgehead atoms. The number of piperazine rings is 1. The van der Waals surface area contributed by atoms with Crippen molar-refractivity contribution in [2.24, 2.45) is 0 Å². The molecule has 0 aromatic carbocycles.